The monoisotopic (exact) mass is 111 g/mol. The van der Waals surface area contributed by atoms with Gasteiger partial charge in [0.05, 0.1) is 0 Å². The molecule has 0 saturated heterocycles. The zero-order valence-corrected chi connectivity index (χ0v) is 4.81. The third-order valence-electron chi connectivity index (χ3n) is 0.517. The fraction of sp³-hybridized carbons (Fsp3) is 0.400. The number of hydrogen-bond donors (Lipinski definition) is 2. The lowest BCUT2D eigenvalue weighted by molar-refractivity contribution is 1.24. The summed E-state index contributed by atoms with van der Waals surface area (Å²) in [6.45, 7) is 2.14. The largest absolute Gasteiger partial charge is 0.370 e. The standard InChI is InChI=1S/C5H9N3/c1-2-3-4-8-5(6)7/h4H2,1H3,(H4,6,7,8). The molecule has 0 aromatic carbocycles. The SMILES string of the molecule is CC#CCN=C(N)N. The van der Waals surface area contributed by atoms with Gasteiger partial charge in [-0.25, -0.2) is 4.99 Å². The molecule has 44 valence electrons. The van der Waals surface area contributed by atoms with Crippen molar-refractivity contribution in [2.24, 2.45) is 16.5 Å². The van der Waals surface area contributed by atoms with Crippen LogP contribution in [0.5, 0.6) is 0 Å². The van der Waals surface area contributed by atoms with Gasteiger partial charge in [0.1, 0.15) is 6.54 Å². The van der Waals surface area contributed by atoms with Crippen molar-refractivity contribution in [1.29, 1.82) is 0 Å². The fourth-order valence-corrected chi connectivity index (χ4v) is 0.210. The molecule has 0 atom stereocenters. The summed E-state index contributed by atoms with van der Waals surface area (Å²) in [7, 11) is 0. The summed E-state index contributed by atoms with van der Waals surface area (Å²) in [6.07, 6.45) is 0. The van der Waals surface area contributed by atoms with Crippen LogP contribution in [0.25, 0.3) is 0 Å². The van der Waals surface area contributed by atoms with Gasteiger partial charge in [-0.3, -0.25) is 0 Å². The first-order valence-electron chi connectivity index (χ1n) is 2.22. The van der Waals surface area contributed by atoms with E-state index in [1.165, 1.54) is 0 Å². The van der Waals surface area contributed by atoms with E-state index in [1.54, 1.807) is 6.92 Å². The summed E-state index contributed by atoms with van der Waals surface area (Å²) >= 11 is 0. The van der Waals surface area contributed by atoms with E-state index in [9.17, 15) is 0 Å². The number of guanidine groups is 1. The maximum Gasteiger partial charge on any atom is 0.186 e. The van der Waals surface area contributed by atoms with Gasteiger partial charge >= 0.3 is 0 Å². The molecule has 3 nitrogen and oxygen atoms in total. The molecule has 0 aromatic heterocycles. The summed E-state index contributed by atoms with van der Waals surface area (Å²) < 4.78 is 0. The molecule has 0 bridgehead atoms. The molecule has 0 aromatic rings. The highest BCUT2D eigenvalue weighted by atomic mass is 15.0. The van der Waals surface area contributed by atoms with E-state index < -0.39 is 0 Å². The number of hydrogen-bond acceptors (Lipinski definition) is 1. The molecule has 0 unspecified atom stereocenters. The number of aliphatic imine (C=N–C) groups is 1. The van der Waals surface area contributed by atoms with Gasteiger partial charge in [-0.05, 0) is 6.92 Å². The van der Waals surface area contributed by atoms with E-state index in [-0.39, 0.29) is 5.96 Å². The Labute approximate surface area is 48.8 Å². The molecule has 0 aliphatic rings. The smallest absolute Gasteiger partial charge is 0.186 e. The van der Waals surface area contributed by atoms with Crippen LogP contribution in [0, 0.1) is 11.8 Å². The molecule has 0 rings (SSSR count). The van der Waals surface area contributed by atoms with Gasteiger partial charge in [0.2, 0.25) is 0 Å². The maximum atomic E-state index is 4.99. The third-order valence-corrected chi connectivity index (χ3v) is 0.517. The van der Waals surface area contributed by atoms with Crippen LogP contribution in [-0.2, 0) is 0 Å². The first-order chi connectivity index (χ1) is 3.77. The molecule has 0 amide bonds. The average Bonchev–Trinajstić information content (AvgIpc) is 1.66. The van der Waals surface area contributed by atoms with Crippen molar-refractivity contribution in [3.05, 3.63) is 0 Å². The minimum absolute atomic E-state index is 0.0905. The Bertz CT molecular complexity index is 133. The van der Waals surface area contributed by atoms with Gasteiger partial charge in [-0.1, -0.05) is 5.92 Å². The second kappa shape index (κ2) is 4.00. The molecular weight excluding hydrogens is 102 g/mol. The van der Waals surface area contributed by atoms with Gasteiger partial charge < -0.3 is 11.5 Å². The van der Waals surface area contributed by atoms with Gasteiger partial charge in [0, 0.05) is 0 Å². The number of nitrogens with zero attached hydrogens (tertiary/aromatic N) is 1. The van der Waals surface area contributed by atoms with Crippen LogP contribution in [0.15, 0.2) is 4.99 Å². The zero-order chi connectivity index (χ0) is 6.41. The van der Waals surface area contributed by atoms with Crippen molar-refractivity contribution in [3.8, 4) is 11.8 Å². The Morgan fingerprint density at radius 2 is 2.25 bits per heavy atom. The first kappa shape index (κ1) is 6.83. The van der Waals surface area contributed by atoms with Crippen LogP contribution in [-0.4, -0.2) is 12.5 Å². The Morgan fingerprint density at radius 3 is 2.62 bits per heavy atom. The molecule has 0 aliphatic carbocycles. The van der Waals surface area contributed by atoms with Crippen LogP contribution in [0.1, 0.15) is 6.92 Å². The van der Waals surface area contributed by atoms with Crippen molar-refractivity contribution in [2.75, 3.05) is 6.54 Å². The number of rotatable bonds is 1. The van der Waals surface area contributed by atoms with Crippen LogP contribution in [0.4, 0.5) is 0 Å². The van der Waals surface area contributed by atoms with E-state index in [4.69, 9.17) is 11.5 Å². The Kier molecular flexibility index (Phi) is 3.42. The van der Waals surface area contributed by atoms with Crippen LogP contribution in [0.3, 0.4) is 0 Å². The predicted octanol–water partition coefficient (Wildman–Crippen LogP) is -0.717. The van der Waals surface area contributed by atoms with Gasteiger partial charge in [0.25, 0.3) is 0 Å². The highest BCUT2D eigenvalue weighted by molar-refractivity contribution is 5.75. The second-order valence-corrected chi connectivity index (χ2v) is 1.17. The summed E-state index contributed by atoms with van der Waals surface area (Å²) in [5, 5.41) is 0. The molecule has 0 heterocycles. The molecule has 0 aliphatic heterocycles. The van der Waals surface area contributed by atoms with E-state index in [0.717, 1.165) is 0 Å². The van der Waals surface area contributed by atoms with Crippen molar-refractivity contribution < 1.29 is 0 Å². The van der Waals surface area contributed by atoms with Crippen molar-refractivity contribution in [3.63, 3.8) is 0 Å². The molecule has 0 radical (unpaired) electrons. The summed E-state index contributed by atoms with van der Waals surface area (Å²) in [5.41, 5.74) is 9.99. The maximum absolute atomic E-state index is 4.99. The molecule has 3 heteroatoms. The van der Waals surface area contributed by atoms with E-state index in [2.05, 4.69) is 16.8 Å². The highest BCUT2D eigenvalue weighted by Crippen LogP contribution is 1.61. The third kappa shape index (κ3) is 4.83. The van der Waals surface area contributed by atoms with E-state index in [1.807, 2.05) is 0 Å². The summed E-state index contributed by atoms with van der Waals surface area (Å²) in [5.74, 6) is 5.43. The van der Waals surface area contributed by atoms with Crippen LogP contribution in [0.2, 0.25) is 0 Å². The van der Waals surface area contributed by atoms with Crippen molar-refractivity contribution >= 4 is 5.96 Å². The molecule has 0 saturated carbocycles. The first-order valence-corrected chi connectivity index (χ1v) is 2.22. The Hall–Kier alpha value is -1.17. The number of nitrogens with two attached hydrogens (primary N) is 2. The normalized spacial score (nSPS) is 6.62. The molecule has 0 fully saturated rings. The molecule has 4 N–H and O–H groups in total. The molecule has 0 spiro atoms. The van der Waals surface area contributed by atoms with Gasteiger partial charge in [-0.15, -0.1) is 5.92 Å². The Balaban J connectivity index is 3.40. The minimum Gasteiger partial charge on any atom is -0.370 e. The topological polar surface area (TPSA) is 64.4 Å². The molecule has 8 heavy (non-hydrogen) atoms. The van der Waals surface area contributed by atoms with E-state index >= 15 is 0 Å². The lowest BCUT2D eigenvalue weighted by Gasteiger charge is -1.82. The lowest BCUT2D eigenvalue weighted by Crippen LogP contribution is -2.22. The van der Waals surface area contributed by atoms with E-state index in [0.29, 0.717) is 6.54 Å². The zero-order valence-electron chi connectivity index (χ0n) is 4.81. The van der Waals surface area contributed by atoms with Crippen molar-refractivity contribution in [1.82, 2.24) is 0 Å². The molecular formula is C5H9N3. The van der Waals surface area contributed by atoms with Gasteiger partial charge in [-0.2, -0.15) is 0 Å². The quantitative estimate of drug-likeness (QED) is 0.266. The average molecular weight is 111 g/mol. The highest BCUT2D eigenvalue weighted by Gasteiger charge is 1.71. The van der Waals surface area contributed by atoms with Crippen LogP contribution >= 0.6 is 0 Å². The van der Waals surface area contributed by atoms with Crippen LogP contribution < -0.4 is 11.5 Å². The minimum atomic E-state index is 0.0905. The Morgan fingerprint density at radius 1 is 1.62 bits per heavy atom. The van der Waals surface area contributed by atoms with Crippen molar-refractivity contribution in [2.45, 2.75) is 6.92 Å². The summed E-state index contributed by atoms with van der Waals surface area (Å²) in [6, 6.07) is 0. The lowest BCUT2D eigenvalue weighted by atomic mass is 10.6. The predicted molar refractivity (Wildman–Crippen MR) is 34.1 cm³/mol. The fourth-order valence-electron chi connectivity index (χ4n) is 0.210. The van der Waals surface area contributed by atoms with Gasteiger partial charge in [0.15, 0.2) is 5.96 Å². The second-order valence-electron chi connectivity index (χ2n) is 1.17. The summed E-state index contributed by atoms with van der Waals surface area (Å²) in [4.78, 5) is 3.61.